The van der Waals surface area contributed by atoms with Crippen LogP contribution in [0.5, 0.6) is 0 Å². The standard InChI is InChI=1S/C11H21N3S2/c1-5-15-8-9(2)12-6-10-7-13-11(16-10)14(3)4/h7,9,12H,5-6,8H2,1-4H3. The third-order valence-electron chi connectivity index (χ3n) is 2.12. The zero-order valence-corrected chi connectivity index (χ0v) is 12.1. The summed E-state index contributed by atoms with van der Waals surface area (Å²) in [5, 5.41) is 4.59. The molecule has 0 saturated heterocycles. The minimum absolute atomic E-state index is 0.565. The Morgan fingerprint density at radius 2 is 2.31 bits per heavy atom. The lowest BCUT2D eigenvalue weighted by atomic mass is 10.4. The van der Waals surface area contributed by atoms with E-state index in [2.05, 4.69) is 24.1 Å². The SMILES string of the molecule is CCSCC(C)NCc1cnc(N(C)C)s1. The van der Waals surface area contributed by atoms with Gasteiger partial charge in [0.15, 0.2) is 5.13 Å². The maximum absolute atomic E-state index is 4.36. The summed E-state index contributed by atoms with van der Waals surface area (Å²) >= 11 is 3.73. The molecule has 5 heteroatoms. The van der Waals surface area contributed by atoms with E-state index in [9.17, 15) is 0 Å². The van der Waals surface area contributed by atoms with Gasteiger partial charge in [0.25, 0.3) is 0 Å². The summed E-state index contributed by atoms with van der Waals surface area (Å²) in [4.78, 5) is 7.70. The van der Waals surface area contributed by atoms with E-state index in [1.165, 1.54) is 16.4 Å². The summed E-state index contributed by atoms with van der Waals surface area (Å²) < 4.78 is 0. The first-order valence-electron chi connectivity index (χ1n) is 5.56. The molecule has 16 heavy (non-hydrogen) atoms. The Bertz CT molecular complexity index is 299. The van der Waals surface area contributed by atoms with E-state index < -0.39 is 0 Å². The smallest absolute Gasteiger partial charge is 0.185 e. The highest BCUT2D eigenvalue weighted by molar-refractivity contribution is 7.99. The van der Waals surface area contributed by atoms with Crippen LogP contribution in [-0.2, 0) is 6.54 Å². The van der Waals surface area contributed by atoms with Gasteiger partial charge in [0, 0.05) is 43.5 Å². The van der Waals surface area contributed by atoms with Gasteiger partial charge in [-0.25, -0.2) is 4.98 Å². The molecule has 0 spiro atoms. The average molecular weight is 259 g/mol. The molecule has 1 atom stereocenters. The molecule has 92 valence electrons. The Labute approximate surface area is 107 Å². The Kier molecular flexibility index (Phi) is 6.16. The van der Waals surface area contributed by atoms with Crippen molar-refractivity contribution in [3.63, 3.8) is 0 Å². The van der Waals surface area contributed by atoms with Gasteiger partial charge in [-0.1, -0.05) is 6.92 Å². The molecule has 0 aliphatic heterocycles. The molecule has 0 saturated carbocycles. The Balaban J connectivity index is 2.31. The van der Waals surface area contributed by atoms with Gasteiger partial charge in [0.05, 0.1) is 0 Å². The number of anilines is 1. The number of rotatable bonds is 7. The van der Waals surface area contributed by atoms with E-state index in [4.69, 9.17) is 0 Å². The summed E-state index contributed by atoms with van der Waals surface area (Å²) in [6.45, 7) is 5.36. The minimum atomic E-state index is 0.565. The van der Waals surface area contributed by atoms with Crippen LogP contribution in [0.25, 0.3) is 0 Å². The Morgan fingerprint density at radius 3 is 2.88 bits per heavy atom. The topological polar surface area (TPSA) is 28.2 Å². The summed E-state index contributed by atoms with van der Waals surface area (Å²) in [6, 6.07) is 0.565. The number of aromatic nitrogens is 1. The van der Waals surface area contributed by atoms with E-state index >= 15 is 0 Å². The molecule has 0 bridgehead atoms. The fraction of sp³-hybridized carbons (Fsp3) is 0.727. The van der Waals surface area contributed by atoms with E-state index in [0.717, 1.165) is 11.7 Å². The van der Waals surface area contributed by atoms with E-state index in [0.29, 0.717) is 6.04 Å². The van der Waals surface area contributed by atoms with Crippen molar-refractivity contribution in [2.45, 2.75) is 26.4 Å². The normalized spacial score (nSPS) is 12.8. The fourth-order valence-electron chi connectivity index (χ4n) is 1.21. The van der Waals surface area contributed by atoms with Crippen LogP contribution in [0.2, 0.25) is 0 Å². The zero-order chi connectivity index (χ0) is 12.0. The lowest BCUT2D eigenvalue weighted by Crippen LogP contribution is -2.27. The van der Waals surface area contributed by atoms with Crippen molar-refractivity contribution in [3.8, 4) is 0 Å². The molecular weight excluding hydrogens is 238 g/mol. The number of hydrogen-bond donors (Lipinski definition) is 1. The number of nitrogens with one attached hydrogen (secondary N) is 1. The summed E-state index contributed by atoms with van der Waals surface area (Å²) in [5.41, 5.74) is 0. The predicted octanol–water partition coefficient (Wildman–Crippen LogP) is 2.44. The summed E-state index contributed by atoms with van der Waals surface area (Å²) in [5.74, 6) is 2.37. The van der Waals surface area contributed by atoms with Crippen molar-refractivity contribution in [2.24, 2.45) is 0 Å². The molecule has 0 aliphatic carbocycles. The highest BCUT2D eigenvalue weighted by Gasteiger charge is 2.05. The molecule has 0 aromatic carbocycles. The molecule has 0 aliphatic rings. The van der Waals surface area contributed by atoms with Crippen molar-refractivity contribution in [1.29, 1.82) is 0 Å². The minimum Gasteiger partial charge on any atom is -0.354 e. The van der Waals surface area contributed by atoms with Crippen molar-refractivity contribution < 1.29 is 0 Å². The van der Waals surface area contributed by atoms with Gasteiger partial charge < -0.3 is 10.2 Å². The lowest BCUT2D eigenvalue weighted by Gasteiger charge is -2.11. The van der Waals surface area contributed by atoms with Crippen molar-refractivity contribution in [2.75, 3.05) is 30.5 Å². The number of thioether (sulfide) groups is 1. The Morgan fingerprint density at radius 1 is 1.56 bits per heavy atom. The number of hydrogen-bond acceptors (Lipinski definition) is 5. The van der Waals surface area contributed by atoms with Gasteiger partial charge in [-0.3, -0.25) is 0 Å². The number of nitrogens with zero attached hydrogens (tertiary/aromatic N) is 2. The zero-order valence-electron chi connectivity index (χ0n) is 10.5. The first kappa shape index (κ1) is 13.8. The van der Waals surface area contributed by atoms with Gasteiger partial charge >= 0.3 is 0 Å². The maximum Gasteiger partial charge on any atom is 0.185 e. The monoisotopic (exact) mass is 259 g/mol. The largest absolute Gasteiger partial charge is 0.354 e. The molecule has 1 rings (SSSR count). The van der Waals surface area contributed by atoms with Crippen molar-refractivity contribution in [1.82, 2.24) is 10.3 Å². The number of thiazole rings is 1. The second kappa shape index (κ2) is 7.14. The van der Waals surface area contributed by atoms with Gasteiger partial charge in [-0.2, -0.15) is 11.8 Å². The summed E-state index contributed by atoms with van der Waals surface area (Å²) in [7, 11) is 4.05. The first-order chi connectivity index (χ1) is 7.63. The van der Waals surface area contributed by atoms with Crippen LogP contribution in [0, 0.1) is 0 Å². The Hall–Kier alpha value is -0.260. The maximum atomic E-state index is 4.36. The molecule has 3 nitrogen and oxygen atoms in total. The highest BCUT2D eigenvalue weighted by atomic mass is 32.2. The highest BCUT2D eigenvalue weighted by Crippen LogP contribution is 2.20. The second-order valence-corrected chi connectivity index (χ2v) is 6.36. The van der Waals surface area contributed by atoms with Gasteiger partial charge in [0.2, 0.25) is 0 Å². The molecule has 0 amide bonds. The molecule has 1 heterocycles. The fourth-order valence-corrected chi connectivity index (χ4v) is 2.70. The van der Waals surface area contributed by atoms with E-state index in [-0.39, 0.29) is 0 Å². The second-order valence-electron chi connectivity index (χ2n) is 3.94. The molecule has 1 aromatic rings. The van der Waals surface area contributed by atoms with Gasteiger partial charge in [-0.05, 0) is 12.7 Å². The molecule has 1 N–H and O–H groups in total. The van der Waals surface area contributed by atoms with Crippen LogP contribution in [0.4, 0.5) is 5.13 Å². The van der Waals surface area contributed by atoms with Crippen LogP contribution in [0.3, 0.4) is 0 Å². The van der Waals surface area contributed by atoms with Crippen LogP contribution >= 0.6 is 23.1 Å². The van der Waals surface area contributed by atoms with Gasteiger partial charge in [0.1, 0.15) is 0 Å². The third kappa shape index (κ3) is 4.72. The average Bonchev–Trinajstić information content (AvgIpc) is 2.72. The molecule has 1 aromatic heterocycles. The van der Waals surface area contributed by atoms with Crippen LogP contribution in [0.1, 0.15) is 18.7 Å². The predicted molar refractivity (Wildman–Crippen MR) is 75.7 cm³/mol. The lowest BCUT2D eigenvalue weighted by molar-refractivity contribution is 0.600. The molecule has 0 fully saturated rings. The van der Waals surface area contributed by atoms with Crippen LogP contribution in [0.15, 0.2) is 6.20 Å². The first-order valence-corrected chi connectivity index (χ1v) is 7.53. The van der Waals surface area contributed by atoms with Crippen molar-refractivity contribution in [3.05, 3.63) is 11.1 Å². The molecule has 1 unspecified atom stereocenters. The van der Waals surface area contributed by atoms with E-state index in [1.807, 2.05) is 37.0 Å². The summed E-state index contributed by atoms with van der Waals surface area (Å²) in [6.07, 6.45) is 1.96. The molecular formula is C11H21N3S2. The van der Waals surface area contributed by atoms with Crippen molar-refractivity contribution >= 4 is 28.2 Å². The quantitative estimate of drug-likeness (QED) is 0.814. The van der Waals surface area contributed by atoms with Gasteiger partial charge in [-0.15, -0.1) is 11.3 Å². The van der Waals surface area contributed by atoms with Crippen LogP contribution in [-0.4, -0.2) is 36.6 Å². The molecule has 0 radical (unpaired) electrons. The van der Waals surface area contributed by atoms with Crippen LogP contribution < -0.4 is 10.2 Å². The van der Waals surface area contributed by atoms with E-state index in [1.54, 1.807) is 11.3 Å². The third-order valence-corrected chi connectivity index (χ3v) is 4.43.